The second-order valence-corrected chi connectivity index (χ2v) is 7.79. The van der Waals surface area contributed by atoms with Gasteiger partial charge >= 0.3 is 0 Å². The number of benzene rings is 1. The van der Waals surface area contributed by atoms with Gasteiger partial charge in [-0.3, -0.25) is 4.90 Å². The molecule has 1 aliphatic heterocycles. The number of methoxy groups -OCH3 is 1. The fourth-order valence-electron chi connectivity index (χ4n) is 3.01. The summed E-state index contributed by atoms with van der Waals surface area (Å²) in [5.74, 6) is 0.803. The summed E-state index contributed by atoms with van der Waals surface area (Å²) >= 11 is 0. The topological polar surface area (TPSA) is 94.7 Å². The van der Waals surface area contributed by atoms with E-state index in [2.05, 4.69) is 9.71 Å². The van der Waals surface area contributed by atoms with Crippen molar-refractivity contribution in [2.24, 2.45) is 0 Å². The first kappa shape index (κ1) is 16.3. The van der Waals surface area contributed by atoms with Crippen molar-refractivity contribution in [3.05, 3.63) is 30.0 Å². The lowest BCUT2D eigenvalue weighted by Gasteiger charge is -2.14. The van der Waals surface area contributed by atoms with Crippen molar-refractivity contribution >= 4 is 20.9 Å². The molecule has 2 heterocycles. The van der Waals surface area contributed by atoms with Crippen molar-refractivity contribution in [2.45, 2.75) is 18.7 Å². The molecule has 1 saturated heterocycles. The molecule has 0 unspecified atom stereocenters. The zero-order valence-corrected chi connectivity index (χ0v) is 13.9. The summed E-state index contributed by atoms with van der Waals surface area (Å²) in [6.45, 7) is 1.54. The standard InChI is InChI=1S/C15H21N3O4S/c1-22-12-3-4-13-10(6-12)5-11(16-13)7-18-8-14(15(19)9-18)17-23(2,20)21/h3-6,14-17,19H,7-9H2,1-2H3/t14-,15-/m1/s1. The van der Waals surface area contributed by atoms with E-state index in [0.717, 1.165) is 28.6 Å². The van der Waals surface area contributed by atoms with Crippen LogP contribution in [0.5, 0.6) is 5.75 Å². The molecule has 2 atom stereocenters. The highest BCUT2D eigenvalue weighted by Gasteiger charge is 2.33. The van der Waals surface area contributed by atoms with Gasteiger partial charge in [0.05, 0.1) is 25.5 Å². The van der Waals surface area contributed by atoms with Gasteiger partial charge in [-0.15, -0.1) is 0 Å². The Bertz CT molecular complexity index is 802. The highest BCUT2D eigenvalue weighted by atomic mass is 32.2. The van der Waals surface area contributed by atoms with Crippen LogP contribution in [0, 0.1) is 0 Å². The largest absolute Gasteiger partial charge is 0.497 e. The Morgan fingerprint density at radius 1 is 1.39 bits per heavy atom. The molecule has 3 rings (SSSR count). The van der Waals surface area contributed by atoms with Crippen LogP contribution in [-0.2, 0) is 16.6 Å². The van der Waals surface area contributed by atoms with E-state index in [9.17, 15) is 13.5 Å². The van der Waals surface area contributed by atoms with E-state index in [0.29, 0.717) is 19.6 Å². The summed E-state index contributed by atoms with van der Waals surface area (Å²) in [5, 5.41) is 11.1. The third-order valence-corrected chi connectivity index (χ3v) is 4.74. The number of aliphatic hydroxyl groups excluding tert-OH is 1. The van der Waals surface area contributed by atoms with Gasteiger partial charge in [-0.05, 0) is 24.3 Å². The van der Waals surface area contributed by atoms with E-state index in [1.165, 1.54) is 0 Å². The molecule has 0 amide bonds. The van der Waals surface area contributed by atoms with Crippen LogP contribution in [0.25, 0.3) is 10.9 Å². The molecule has 0 aliphatic carbocycles. The maximum atomic E-state index is 11.3. The molecule has 126 valence electrons. The molecule has 8 heteroatoms. The SMILES string of the molecule is COc1ccc2[nH]c(CN3C[C@@H](O)[C@H](NS(C)(=O)=O)C3)cc2c1. The third kappa shape index (κ3) is 3.84. The lowest BCUT2D eigenvalue weighted by Crippen LogP contribution is -2.42. The number of fused-ring (bicyclic) bond motifs is 1. The molecule has 1 aromatic carbocycles. The number of aromatic amines is 1. The van der Waals surface area contributed by atoms with Crippen LogP contribution in [0.1, 0.15) is 5.69 Å². The van der Waals surface area contributed by atoms with E-state index in [1.807, 2.05) is 29.2 Å². The number of β-amino-alcohol motifs (C(OH)–C–C–N with tert-alkyl or cyclic N) is 1. The summed E-state index contributed by atoms with van der Waals surface area (Å²) in [5.41, 5.74) is 2.03. The average Bonchev–Trinajstić information content (AvgIpc) is 2.99. The minimum Gasteiger partial charge on any atom is -0.497 e. The molecule has 1 aromatic heterocycles. The van der Waals surface area contributed by atoms with Crippen molar-refractivity contribution in [3.8, 4) is 5.75 Å². The number of ether oxygens (including phenoxy) is 1. The van der Waals surface area contributed by atoms with Gasteiger partial charge in [0.2, 0.25) is 10.0 Å². The first-order valence-electron chi connectivity index (χ1n) is 7.37. The van der Waals surface area contributed by atoms with Gasteiger partial charge in [0.1, 0.15) is 5.75 Å². The summed E-state index contributed by atoms with van der Waals surface area (Å²) in [7, 11) is -1.69. The van der Waals surface area contributed by atoms with Crippen LogP contribution < -0.4 is 9.46 Å². The van der Waals surface area contributed by atoms with E-state index in [1.54, 1.807) is 7.11 Å². The summed E-state index contributed by atoms with van der Waals surface area (Å²) in [4.78, 5) is 5.36. The number of hydrogen-bond donors (Lipinski definition) is 3. The minimum atomic E-state index is -3.32. The second kappa shape index (κ2) is 6.12. The lowest BCUT2D eigenvalue weighted by molar-refractivity contribution is 0.159. The number of likely N-dealkylation sites (tertiary alicyclic amines) is 1. The Labute approximate surface area is 135 Å². The Morgan fingerprint density at radius 3 is 2.87 bits per heavy atom. The fraction of sp³-hybridized carbons (Fsp3) is 0.467. The molecule has 0 spiro atoms. The number of aliphatic hydroxyl groups is 1. The van der Waals surface area contributed by atoms with Crippen molar-refractivity contribution in [2.75, 3.05) is 26.5 Å². The Hall–Kier alpha value is -1.61. The van der Waals surface area contributed by atoms with Gasteiger partial charge < -0.3 is 14.8 Å². The van der Waals surface area contributed by atoms with E-state index in [4.69, 9.17) is 4.74 Å². The van der Waals surface area contributed by atoms with Gasteiger partial charge in [-0.25, -0.2) is 13.1 Å². The number of aromatic nitrogens is 1. The number of sulfonamides is 1. The molecule has 7 nitrogen and oxygen atoms in total. The smallest absolute Gasteiger partial charge is 0.209 e. The van der Waals surface area contributed by atoms with Crippen molar-refractivity contribution in [1.82, 2.24) is 14.6 Å². The van der Waals surface area contributed by atoms with E-state index < -0.39 is 22.2 Å². The molecular formula is C15H21N3O4S. The van der Waals surface area contributed by atoms with Crippen LogP contribution in [0.3, 0.4) is 0 Å². The van der Waals surface area contributed by atoms with Crippen LogP contribution >= 0.6 is 0 Å². The molecule has 1 aliphatic rings. The van der Waals surface area contributed by atoms with Gasteiger partial charge in [0.15, 0.2) is 0 Å². The Morgan fingerprint density at radius 2 is 2.17 bits per heavy atom. The molecule has 3 N–H and O–H groups in total. The maximum absolute atomic E-state index is 11.3. The first-order chi connectivity index (χ1) is 10.8. The number of hydrogen-bond acceptors (Lipinski definition) is 5. The fourth-order valence-corrected chi connectivity index (χ4v) is 3.79. The molecular weight excluding hydrogens is 318 g/mol. The molecule has 2 aromatic rings. The first-order valence-corrected chi connectivity index (χ1v) is 9.26. The van der Waals surface area contributed by atoms with Gasteiger partial charge in [-0.1, -0.05) is 0 Å². The van der Waals surface area contributed by atoms with Gasteiger partial charge in [0.25, 0.3) is 0 Å². The summed E-state index contributed by atoms with van der Waals surface area (Å²) < 4.78 is 30.3. The van der Waals surface area contributed by atoms with Crippen molar-refractivity contribution < 1.29 is 18.3 Å². The number of nitrogens with one attached hydrogen (secondary N) is 2. The second-order valence-electron chi connectivity index (χ2n) is 6.01. The molecule has 0 saturated carbocycles. The zero-order valence-electron chi connectivity index (χ0n) is 13.1. The van der Waals surface area contributed by atoms with Crippen LogP contribution in [0.4, 0.5) is 0 Å². The highest BCUT2D eigenvalue weighted by Crippen LogP contribution is 2.23. The maximum Gasteiger partial charge on any atom is 0.209 e. The third-order valence-electron chi connectivity index (χ3n) is 4.01. The predicted molar refractivity (Wildman–Crippen MR) is 87.9 cm³/mol. The zero-order chi connectivity index (χ0) is 16.6. The lowest BCUT2D eigenvalue weighted by atomic mass is 10.2. The Balaban J connectivity index is 1.70. The van der Waals surface area contributed by atoms with E-state index >= 15 is 0 Å². The van der Waals surface area contributed by atoms with Gasteiger partial charge in [0, 0.05) is 36.2 Å². The molecule has 23 heavy (non-hydrogen) atoms. The minimum absolute atomic E-state index is 0.436. The average molecular weight is 339 g/mol. The summed E-state index contributed by atoms with van der Waals surface area (Å²) in [6.07, 6.45) is 0.405. The van der Waals surface area contributed by atoms with Crippen molar-refractivity contribution in [3.63, 3.8) is 0 Å². The van der Waals surface area contributed by atoms with Crippen LogP contribution in [-0.4, -0.2) is 62.0 Å². The Kier molecular flexibility index (Phi) is 4.33. The number of nitrogens with zero attached hydrogens (tertiary/aromatic N) is 1. The monoisotopic (exact) mass is 339 g/mol. The van der Waals surface area contributed by atoms with E-state index in [-0.39, 0.29) is 0 Å². The quantitative estimate of drug-likeness (QED) is 0.727. The number of rotatable bonds is 5. The van der Waals surface area contributed by atoms with Crippen LogP contribution in [0.2, 0.25) is 0 Å². The van der Waals surface area contributed by atoms with Crippen molar-refractivity contribution in [1.29, 1.82) is 0 Å². The molecule has 0 bridgehead atoms. The predicted octanol–water partition coefficient (Wildman–Crippen LogP) is 0.271. The van der Waals surface area contributed by atoms with Crippen LogP contribution in [0.15, 0.2) is 24.3 Å². The molecule has 1 fully saturated rings. The number of H-pyrrole nitrogens is 1. The summed E-state index contributed by atoms with van der Waals surface area (Å²) in [6, 6.07) is 7.40. The van der Waals surface area contributed by atoms with Gasteiger partial charge in [-0.2, -0.15) is 0 Å². The molecule has 0 radical (unpaired) electrons. The highest BCUT2D eigenvalue weighted by molar-refractivity contribution is 7.88. The normalized spacial score (nSPS) is 22.7.